The van der Waals surface area contributed by atoms with Crippen LogP contribution >= 0.6 is 0 Å². The summed E-state index contributed by atoms with van der Waals surface area (Å²) in [7, 11) is -7.85. The van der Waals surface area contributed by atoms with Crippen molar-refractivity contribution in [2.24, 2.45) is 5.14 Å². The summed E-state index contributed by atoms with van der Waals surface area (Å²) in [5.41, 5.74) is 0.708. The van der Waals surface area contributed by atoms with Crippen LogP contribution in [-0.2, 0) is 26.6 Å². The number of pyridine rings is 1. The zero-order valence-corrected chi connectivity index (χ0v) is 15.6. The molecule has 1 saturated heterocycles. The molecule has 0 saturated carbocycles. The van der Waals surface area contributed by atoms with Gasteiger partial charge < -0.3 is 4.90 Å². The quantitative estimate of drug-likeness (QED) is 0.745. The lowest BCUT2D eigenvalue weighted by Crippen LogP contribution is -2.24. The third-order valence-electron chi connectivity index (χ3n) is 4.15. The summed E-state index contributed by atoms with van der Waals surface area (Å²) in [6.07, 6.45) is 3.94. The normalized spacial score (nSPS) is 15.3. The fourth-order valence-corrected chi connectivity index (χ4v) is 4.43. The maximum atomic E-state index is 12.4. The zero-order chi connectivity index (χ0) is 18.8. The highest BCUT2D eigenvalue weighted by molar-refractivity contribution is 7.90. The highest BCUT2D eigenvalue weighted by Gasteiger charge is 2.18. The van der Waals surface area contributed by atoms with E-state index in [4.69, 9.17) is 5.14 Å². The van der Waals surface area contributed by atoms with Crippen molar-refractivity contribution >= 4 is 25.9 Å². The highest BCUT2D eigenvalue weighted by Crippen LogP contribution is 2.18. The number of nitrogens with one attached hydrogen (secondary N) is 1. The molecule has 2 aromatic rings. The van der Waals surface area contributed by atoms with Gasteiger partial charge >= 0.3 is 0 Å². The van der Waals surface area contributed by atoms with Gasteiger partial charge in [0, 0.05) is 25.8 Å². The molecule has 140 valence electrons. The first-order valence-electron chi connectivity index (χ1n) is 8.08. The first kappa shape index (κ1) is 18.8. The van der Waals surface area contributed by atoms with Crippen molar-refractivity contribution in [1.29, 1.82) is 0 Å². The molecule has 0 bridgehead atoms. The molecule has 0 aliphatic carbocycles. The Morgan fingerprint density at radius 3 is 2.35 bits per heavy atom. The van der Waals surface area contributed by atoms with Gasteiger partial charge in [-0.1, -0.05) is 12.1 Å². The van der Waals surface area contributed by atoms with Gasteiger partial charge in [0.15, 0.2) is 0 Å². The second-order valence-electron chi connectivity index (χ2n) is 6.06. The van der Waals surface area contributed by atoms with E-state index in [1.54, 1.807) is 6.20 Å². The van der Waals surface area contributed by atoms with Gasteiger partial charge in [-0.25, -0.2) is 31.7 Å². The second-order valence-corrected chi connectivity index (χ2v) is 9.39. The number of hydrogen-bond donors (Lipinski definition) is 2. The number of anilines is 1. The molecule has 2 heterocycles. The number of primary sulfonamides is 1. The Balaban J connectivity index is 1.70. The van der Waals surface area contributed by atoms with E-state index in [-0.39, 0.29) is 16.3 Å². The maximum absolute atomic E-state index is 12.4. The minimum Gasteiger partial charge on any atom is -0.357 e. The van der Waals surface area contributed by atoms with Crippen LogP contribution in [0.25, 0.3) is 0 Å². The third kappa shape index (κ3) is 4.39. The number of nitrogens with two attached hydrogens (primary N) is 1. The predicted octanol–water partition coefficient (Wildman–Crippen LogP) is 0.808. The standard InChI is InChI=1S/C16H20N4O4S2/c17-25(21,22)14-4-3-5-15(10-14)26(23,24)19-12-13-6-7-16(18-11-13)20-8-1-2-9-20/h3-7,10-11,19H,1-2,8-9,12H2,(H2,17,21,22). The van der Waals surface area contributed by atoms with Gasteiger partial charge in [-0.2, -0.15) is 0 Å². The Kier molecular flexibility index (Phi) is 5.28. The van der Waals surface area contributed by atoms with E-state index in [0.29, 0.717) is 5.56 Å². The average Bonchev–Trinajstić information content (AvgIpc) is 3.15. The molecule has 1 aromatic carbocycles. The summed E-state index contributed by atoms with van der Waals surface area (Å²) in [6.45, 7) is 2.02. The molecular formula is C16H20N4O4S2. The van der Waals surface area contributed by atoms with Crippen molar-refractivity contribution in [2.75, 3.05) is 18.0 Å². The molecule has 0 spiro atoms. The van der Waals surface area contributed by atoms with E-state index in [1.807, 2.05) is 12.1 Å². The molecule has 1 aromatic heterocycles. The molecule has 1 aliphatic heterocycles. The fourth-order valence-electron chi connectivity index (χ4n) is 2.73. The number of hydrogen-bond acceptors (Lipinski definition) is 6. The van der Waals surface area contributed by atoms with Gasteiger partial charge in [0.05, 0.1) is 9.79 Å². The van der Waals surface area contributed by atoms with Crippen molar-refractivity contribution < 1.29 is 16.8 Å². The summed E-state index contributed by atoms with van der Waals surface area (Å²) in [5, 5.41) is 5.04. The summed E-state index contributed by atoms with van der Waals surface area (Å²) < 4.78 is 50.0. The molecule has 3 rings (SSSR count). The lowest BCUT2D eigenvalue weighted by atomic mass is 10.3. The molecular weight excluding hydrogens is 376 g/mol. The van der Waals surface area contributed by atoms with Crippen molar-refractivity contribution in [3.05, 3.63) is 48.2 Å². The van der Waals surface area contributed by atoms with Crippen LogP contribution in [0.15, 0.2) is 52.4 Å². The van der Waals surface area contributed by atoms with E-state index in [9.17, 15) is 16.8 Å². The monoisotopic (exact) mass is 396 g/mol. The number of aromatic nitrogens is 1. The van der Waals surface area contributed by atoms with Gasteiger partial charge in [-0.15, -0.1) is 0 Å². The van der Waals surface area contributed by atoms with E-state index >= 15 is 0 Å². The van der Waals surface area contributed by atoms with E-state index in [2.05, 4.69) is 14.6 Å². The third-order valence-corrected chi connectivity index (χ3v) is 6.46. The van der Waals surface area contributed by atoms with Crippen LogP contribution in [0.3, 0.4) is 0 Å². The fraction of sp³-hybridized carbons (Fsp3) is 0.312. The van der Waals surface area contributed by atoms with Crippen LogP contribution in [0.1, 0.15) is 18.4 Å². The first-order valence-corrected chi connectivity index (χ1v) is 11.1. The minimum atomic E-state index is -3.97. The smallest absolute Gasteiger partial charge is 0.240 e. The summed E-state index contributed by atoms with van der Waals surface area (Å²) in [4.78, 5) is 6.15. The van der Waals surface area contributed by atoms with Crippen LogP contribution < -0.4 is 14.8 Å². The highest BCUT2D eigenvalue weighted by atomic mass is 32.2. The maximum Gasteiger partial charge on any atom is 0.240 e. The predicted molar refractivity (Wildman–Crippen MR) is 97.5 cm³/mol. The first-order chi connectivity index (χ1) is 12.3. The van der Waals surface area contributed by atoms with Crippen molar-refractivity contribution in [1.82, 2.24) is 9.71 Å². The molecule has 3 N–H and O–H groups in total. The lowest BCUT2D eigenvalue weighted by Gasteiger charge is -2.16. The molecule has 1 fully saturated rings. The van der Waals surface area contributed by atoms with E-state index in [0.717, 1.165) is 37.8 Å². The van der Waals surface area contributed by atoms with Crippen LogP contribution in [0, 0.1) is 0 Å². The Hall–Kier alpha value is -2.01. The van der Waals surface area contributed by atoms with Crippen LogP contribution in [0.4, 0.5) is 5.82 Å². The van der Waals surface area contributed by atoms with Gasteiger partial charge in [-0.3, -0.25) is 0 Å². The largest absolute Gasteiger partial charge is 0.357 e. The minimum absolute atomic E-state index is 0.0508. The Morgan fingerprint density at radius 1 is 1.04 bits per heavy atom. The zero-order valence-electron chi connectivity index (χ0n) is 14.0. The van der Waals surface area contributed by atoms with E-state index in [1.165, 1.54) is 18.2 Å². The molecule has 10 heteroatoms. The Labute approximate surface area is 153 Å². The number of benzene rings is 1. The SMILES string of the molecule is NS(=O)(=O)c1cccc(S(=O)(=O)NCc2ccc(N3CCCC3)nc2)c1. The van der Waals surface area contributed by atoms with Crippen molar-refractivity contribution in [3.63, 3.8) is 0 Å². The van der Waals surface area contributed by atoms with Crippen LogP contribution in [0.5, 0.6) is 0 Å². The molecule has 0 radical (unpaired) electrons. The molecule has 0 atom stereocenters. The Morgan fingerprint density at radius 2 is 1.73 bits per heavy atom. The van der Waals surface area contributed by atoms with E-state index < -0.39 is 20.0 Å². The van der Waals surface area contributed by atoms with Crippen LogP contribution in [0.2, 0.25) is 0 Å². The summed E-state index contributed by atoms with van der Waals surface area (Å²) >= 11 is 0. The molecule has 8 nitrogen and oxygen atoms in total. The van der Waals surface area contributed by atoms with Gasteiger partial charge in [-0.05, 0) is 42.7 Å². The van der Waals surface area contributed by atoms with Crippen LogP contribution in [-0.4, -0.2) is 34.9 Å². The van der Waals surface area contributed by atoms with Crippen molar-refractivity contribution in [3.8, 4) is 0 Å². The van der Waals surface area contributed by atoms with Gasteiger partial charge in [0.25, 0.3) is 0 Å². The molecule has 26 heavy (non-hydrogen) atoms. The molecule has 0 amide bonds. The number of sulfonamides is 2. The average molecular weight is 396 g/mol. The number of rotatable bonds is 6. The van der Waals surface area contributed by atoms with Gasteiger partial charge in [0.2, 0.25) is 20.0 Å². The van der Waals surface area contributed by atoms with Crippen molar-refractivity contribution in [2.45, 2.75) is 29.2 Å². The topological polar surface area (TPSA) is 122 Å². The molecule has 0 unspecified atom stereocenters. The number of nitrogens with zero attached hydrogens (tertiary/aromatic N) is 2. The summed E-state index contributed by atoms with van der Waals surface area (Å²) in [6, 6.07) is 8.62. The Bertz CT molecular complexity index is 983. The van der Waals surface area contributed by atoms with Gasteiger partial charge in [0.1, 0.15) is 5.82 Å². The summed E-state index contributed by atoms with van der Waals surface area (Å²) in [5.74, 6) is 0.884. The molecule has 1 aliphatic rings. The second kappa shape index (κ2) is 7.31. The lowest BCUT2D eigenvalue weighted by molar-refractivity contribution is 0.581.